The van der Waals surface area contributed by atoms with Gasteiger partial charge in [0.25, 0.3) is 0 Å². The van der Waals surface area contributed by atoms with Crippen LogP contribution in [0.1, 0.15) is 24.8 Å². The molecule has 4 rings (SSSR count). The van der Waals surface area contributed by atoms with Crippen molar-refractivity contribution in [2.24, 2.45) is 0 Å². The van der Waals surface area contributed by atoms with Gasteiger partial charge in [0.15, 0.2) is 0 Å². The van der Waals surface area contributed by atoms with Gasteiger partial charge in [0, 0.05) is 25.2 Å². The van der Waals surface area contributed by atoms with Crippen LogP contribution >= 0.6 is 23.2 Å². The lowest BCUT2D eigenvalue weighted by molar-refractivity contribution is 0.229. The second-order valence-electron chi connectivity index (χ2n) is 7.15. The average Bonchev–Trinajstić information content (AvgIpc) is 3.09. The number of rotatable bonds is 6. The van der Waals surface area contributed by atoms with Crippen molar-refractivity contribution in [1.82, 2.24) is 20.2 Å². The molecular weight excluding hydrogens is 379 g/mol. The molecule has 1 aliphatic rings. The SMILES string of the molecule is Clc1cc2nc(-c3cccc(CNCCN4CCCCC4)c3)[nH]c2cc1Cl. The fourth-order valence-corrected chi connectivity index (χ4v) is 3.94. The minimum Gasteiger partial charge on any atom is -0.338 e. The van der Waals surface area contributed by atoms with Gasteiger partial charge in [-0.15, -0.1) is 0 Å². The standard InChI is InChI=1S/C21H24Cl2N4/c22-17-12-19-20(13-18(17)23)26-21(25-19)16-6-4-5-15(11-16)14-24-7-10-27-8-2-1-3-9-27/h4-6,11-13,24H,1-3,7-10,14H2,(H,25,26). The van der Waals surface area contributed by atoms with E-state index in [2.05, 4.69) is 44.5 Å². The molecule has 4 nitrogen and oxygen atoms in total. The number of halogens is 2. The Morgan fingerprint density at radius 1 is 1.04 bits per heavy atom. The van der Waals surface area contributed by atoms with Crippen LogP contribution in [0.2, 0.25) is 10.0 Å². The Bertz CT molecular complexity index is 877. The quantitative estimate of drug-likeness (QED) is 0.562. The first kappa shape index (κ1) is 18.8. The predicted octanol–water partition coefficient (Wildman–Crippen LogP) is 5.11. The van der Waals surface area contributed by atoms with Gasteiger partial charge in [-0.05, 0) is 49.7 Å². The summed E-state index contributed by atoms with van der Waals surface area (Å²) < 4.78 is 0. The summed E-state index contributed by atoms with van der Waals surface area (Å²) in [5.41, 5.74) is 4.03. The number of hydrogen-bond donors (Lipinski definition) is 2. The van der Waals surface area contributed by atoms with Crippen LogP contribution < -0.4 is 5.32 Å². The zero-order valence-electron chi connectivity index (χ0n) is 15.3. The molecule has 0 unspecified atom stereocenters. The number of nitrogens with one attached hydrogen (secondary N) is 2. The number of benzene rings is 2. The lowest BCUT2D eigenvalue weighted by Gasteiger charge is -2.26. The lowest BCUT2D eigenvalue weighted by atomic mass is 10.1. The maximum atomic E-state index is 6.10. The third-order valence-electron chi connectivity index (χ3n) is 5.11. The molecule has 2 N–H and O–H groups in total. The molecule has 2 aromatic carbocycles. The van der Waals surface area contributed by atoms with Crippen LogP contribution in [0.25, 0.3) is 22.4 Å². The van der Waals surface area contributed by atoms with Crippen LogP contribution in [-0.2, 0) is 6.54 Å². The van der Waals surface area contributed by atoms with Crippen LogP contribution in [0.4, 0.5) is 0 Å². The summed E-state index contributed by atoms with van der Waals surface area (Å²) in [6, 6.07) is 12.1. The zero-order chi connectivity index (χ0) is 18.6. The first-order valence-corrected chi connectivity index (χ1v) is 10.3. The maximum absolute atomic E-state index is 6.10. The van der Waals surface area contributed by atoms with Gasteiger partial charge in [-0.2, -0.15) is 0 Å². The van der Waals surface area contributed by atoms with E-state index in [1.54, 1.807) is 6.07 Å². The molecule has 6 heteroatoms. The fourth-order valence-electron chi connectivity index (χ4n) is 3.62. The van der Waals surface area contributed by atoms with Crippen LogP contribution in [0.3, 0.4) is 0 Å². The molecule has 142 valence electrons. The highest BCUT2D eigenvalue weighted by Gasteiger charge is 2.10. The van der Waals surface area contributed by atoms with Gasteiger partial charge in [-0.25, -0.2) is 4.98 Å². The van der Waals surface area contributed by atoms with E-state index in [9.17, 15) is 0 Å². The largest absolute Gasteiger partial charge is 0.338 e. The number of likely N-dealkylation sites (tertiary alicyclic amines) is 1. The van der Waals surface area contributed by atoms with Crippen LogP contribution in [0.15, 0.2) is 36.4 Å². The molecule has 1 saturated heterocycles. The van der Waals surface area contributed by atoms with Crippen molar-refractivity contribution in [3.8, 4) is 11.4 Å². The van der Waals surface area contributed by atoms with Crippen molar-refractivity contribution in [2.45, 2.75) is 25.8 Å². The van der Waals surface area contributed by atoms with Gasteiger partial charge in [0.05, 0.1) is 21.1 Å². The Balaban J connectivity index is 1.40. The summed E-state index contributed by atoms with van der Waals surface area (Å²) in [5, 5.41) is 4.62. The molecule has 27 heavy (non-hydrogen) atoms. The molecule has 3 aromatic rings. The topological polar surface area (TPSA) is 44.0 Å². The summed E-state index contributed by atoms with van der Waals surface area (Å²) in [5.74, 6) is 0.832. The smallest absolute Gasteiger partial charge is 0.138 e. The number of imidazole rings is 1. The lowest BCUT2D eigenvalue weighted by Crippen LogP contribution is -2.35. The maximum Gasteiger partial charge on any atom is 0.138 e. The Hall–Kier alpha value is -1.59. The molecule has 1 aromatic heterocycles. The Labute approximate surface area is 169 Å². The summed E-state index contributed by atoms with van der Waals surface area (Å²) in [7, 11) is 0. The van der Waals surface area contributed by atoms with Crippen molar-refractivity contribution in [2.75, 3.05) is 26.2 Å². The third-order valence-corrected chi connectivity index (χ3v) is 5.83. The molecule has 1 fully saturated rings. The van der Waals surface area contributed by atoms with E-state index in [1.807, 2.05) is 6.07 Å². The van der Waals surface area contributed by atoms with Gasteiger partial charge in [-0.1, -0.05) is 47.8 Å². The van der Waals surface area contributed by atoms with E-state index in [0.717, 1.165) is 42.1 Å². The van der Waals surface area contributed by atoms with Crippen LogP contribution in [0.5, 0.6) is 0 Å². The van der Waals surface area contributed by atoms with Gasteiger partial charge >= 0.3 is 0 Å². The summed E-state index contributed by atoms with van der Waals surface area (Å²) >= 11 is 12.2. The molecule has 0 saturated carbocycles. The molecule has 0 aliphatic carbocycles. The second kappa shape index (κ2) is 8.61. The van der Waals surface area contributed by atoms with Crippen molar-refractivity contribution in [3.05, 3.63) is 52.0 Å². The monoisotopic (exact) mass is 402 g/mol. The molecule has 0 radical (unpaired) electrons. The minimum absolute atomic E-state index is 0.522. The van der Waals surface area contributed by atoms with E-state index in [4.69, 9.17) is 23.2 Å². The predicted molar refractivity (Wildman–Crippen MR) is 114 cm³/mol. The molecule has 1 aliphatic heterocycles. The number of aromatic nitrogens is 2. The average molecular weight is 403 g/mol. The van der Waals surface area contributed by atoms with E-state index in [1.165, 1.54) is 37.9 Å². The number of aromatic amines is 1. The third kappa shape index (κ3) is 4.64. The molecular formula is C21H24Cl2N4. The highest BCUT2D eigenvalue weighted by molar-refractivity contribution is 6.42. The van der Waals surface area contributed by atoms with Crippen LogP contribution in [0, 0.1) is 0 Å². The number of nitrogens with zero attached hydrogens (tertiary/aromatic N) is 2. The van der Waals surface area contributed by atoms with Crippen molar-refractivity contribution < 1.29 is 0 Å². The summed E-state index contributed by atoms with van der Waals surface area (Å²) in [4.78, 5) is 10.5. The summed E-state index contributed by atoms with van der Waals surface area (Å²) in [6.07, 6.45) is 4.07. The van der Waals surface area contributed by atoms with Crippen molar-refractivity contribution in [1.29, 1.82) is 0 Å². The van der Waals surface area contributed by atoms with Gasteiger partial charge in [0.2, 0.25) is 0 Å². The number of piperidine rings is 1. The summed E-state index contributed by atoms with van der Waals surface area (Å²) in [6.45, 7) is 5.50. The molecule has 0 atom stereocenters. The Morgan fingerprint density at radius 2 is 1.85 bits per heavy atom. The van der Waals surface area contributed by atoms with E-state index in [0.29, 0.717) is 10.0 Å². The van der Waals surface area contributed by atoms with E-state index >= 15 is 0 Å². The normalized spacial score (nSPS) is 15.5. The Kier molecular flexibility index (Phi) is 5.98. The molecule has 0 bridgehead atoms. The van der Waals surface area contributed by atoms with Gasteiger partial charge < -0.3 is 15.2 Å². The van der Waals surface area contributed by atoms with Crippen LogP contribution in [-0.4, -0.2) is 41.0 Å². The number of fused-ring (bicyclic) bond motifs is 1. The first-order chi connectivity index (χ1) is 13.2. The Morgan fingerprint density at radius 3 is 2.70 bits per heavy atom. The van der Waals surface area contributed by atoms with E-state index in [-0.39, 0.29) is 0 Å². The first-order valence-electron chi connectivity index (χ1n) is 9.56. The minimum atomic E-state index is 0.522. The second-order valence-corrected chi connectivity index (χ2v) is 7.96. The molecule has 2 heterocycles. The van der Waals surface area contributed by atoms with Gasteiger partial charge in [-0.3, -0.25) is 0 Å². The zero-order valence-corrected chi connectivity index (χ0v) is 16.8. The fraction of sp³-hybridized carbons (Fsp3) is 0.381. The van der Waals surface area contributed by atoms with Crippen molar-refractivity contribution in [3.63, 3.8) is 0 Å². The van der Waals surface area contributed by atoms with Crippen molar-refractivity contribution >= 4 is 34.2 Å². The molecule has 0 spiro atoms. The van der Waals surface area contributed by atoms with E-state index < -0.39 is 0 Å². The highest BCUT2D eigenvalue weighted by atomic mass is 35.5. The number of hydrogen-bond acceptors (Lipinski definition) is 3. The molecule has 0 amide bonds. The number of H-pyrrole nitrogens is 1. The highest BCUT2D eigenvalue weighted by Crippen LogP contribution is 2.29. The van der Waals surface area contributed by atoms with Gasteiger partial charge in [0.1, 0.15) is 5.82 Å².